The first kappa shape index (κ1) is 26.8. The highest BCUT2D eigenvalue weighted by molar-refractivity contribution is 6.27. The van der Waals surface area contributed by atoms with Crippen molar-refractivity contribution in [1.82, 2.24) is 0 Å². The molecule has 0 bridgehead atoms. The predicted molar refractivity (Wildman–Crippen MR) is 95.9 cm³/mol. The quantitative estimate of drug-likeness (QED) is 0.277. The molecule has 2 rings (SSSR count). The van der Waals surface area contributed by atoms with Crippen LogP contribution in [-0.4, -0.2) is 27.1 Å². The van der Waals surface area contributed by atoms with E-state index >= 15 is 0 Å². The van der Waals surface area contributed by atoms with Crippen molar-refractivity contribution < 1.29 is 34.1 Å². The van der Waals surface area contributed by atoms with Crippen LogP contribution in [0.3, 0.4) is 0 Å². The highest BCUT2D eigenvalue weighted by Gasteiger charge is 2.28. The second kappa shape index (κ2) is 12.4. The van der Waals surface area contributed by atoms with Crippen LogP contribution in [0.2, 0.25) is 0 Å². The second-order valence-corrected chi connectivity index (χ2v) is 4.85. The molecule has 32 heavy (non-hydrogen) atoms. The lowest BCUT2D eigenvalue weighted by molar-refractivity contribution is -0.393. The van der Waals surface area contributed by atoms with Gasteiger partial charge in [0.15, 0.2) is 9.95 Å². The summed E-state index contributed by atoms with van der Waals surface area (Å²) in [5.41, 5.74) is -2.71. The van der Waals surface area contributed by atoms with Crippen molar-refractivity contribution in [1.29, 1.82) is 10.8 Å². The summed E-state index contributed by atoms with van der Waals surface area (Å²) < 4.78 is 9.89. The Labute approximate surface area is 174 Å². The summed E-state index contributed by atoms with van der Waals surface area (Å²) in [6, 6.07) is 5.49. The molecule has 0 heterocycles. The molecule has 0 radical (unpaired) electrons. The number of hydrogen-bond acceptors (Lipinski definition) is 12. The average molecular weight is 452 g/mol. The lowest BCUT2D eigenvalue weighted by Crippen LogP contribution is -2.39. The Morgan fingerprint density at radius 1 is 0.688 bits per heavy atom. The SMILES string of the molecule is N#[N+]c1ccc([N+](=O)[O-])cc1[N+](=O)[O-].N#[N+]c1ccc([N+](=O)[O-])cc1[N+](=O)[O-].[O-]B([O-])F. The number of benzene rings is 2. The first-order valence-electron chi connectivity index (χ1n) is 7.37. The van der Waals surface area contributed by atoms with Crippen LogP contribution in [0.15, 0.2) is 36.4 Å². The third kappa shape index (κ3) is 8.44. The molecule has 0 aliphatic carbocycles. The van der Waals surface area contributed by atoms with Crippen LogP contribution in [0.4, 0.5) is 38.4 Å². The number of hydrogen-bond donors (Lipinski definition) is 0. The Balaban J connectivity index is 0.000000515. The molecule has 0 N–H and O–H groups in total. The first-order valence-corrected chi connectivity index (χ1v) is 7.37. The average Bonchev–Trinajstić information content (AvgIpc) is 2.72. The van der Waals surface area contributed by atoms with Gasteiger partial charge in [0, 0.05) is 24.3 Å². The highest BCUT2D eigenvalue weighted by Crippen LogP contribution is 2.31. The molecule has 0 saturated carbocycles. The highest BCUT2D eigenvalue weighted by atomic mass is 19.1. The summed E-state index contributed by atoms with van der Waals surface area (Å²) in [5, 5.41) is 74.6. The first-order chi connectivity index (χ1) is 14.8. The Kier molecular flexibility index (Phi) is 10.4. The van der Waals surface area contributed by atoms with E-state index in [2.05, 4.69) is 9.95 Å². The van der Waals surface area contributed by atoms with Gasteiger partial charge in [0.1, 0.15) is 19.5 Å². The molecule has 0 amide bonds. The monoisotopic (exact) mass is 452 g/mol. The minimum absolute atomic E-state index is 0.319. The van der Waals surface area contributed by atoms with Gasteiger partial charge in [0.05, 0.1) is 19.7 Å². The molecule has 0 saturated heterocycles. The fourth-order valence-electron chi connectivity index (χ4n) is 1.71. The summed E-state index contributed by atoms with van der Waals surface area (Å²) in [4.78, 5) is 43.3. The van der Waals surface area contributed by atoms with E-state index in [1.165, 1.54) is 0 Å². The maximum absolute atomic E-state index is 10.4. The van der Waals surface area contributed by atoms with Crippen LogP contribution in [0.5, 0.6) is 0 Å². The van der Waals surface area contributed by atoms with Gasteiger partial charge >= 0.3 is 22.7 Å². The van der Waals surface area contributed by atoms with Crippen LogP contribution in [0, 0.1) is 51.2 Å². The second-order valence-electron chi connectivity index (χ2n) is 4.85. The molecular weight excluding hydrogens is 446 g/mol. The Hall–Kier alpha value is -5.21. The normalized spacial score (nSPS) is 8.78. The van der Waals surface area contributed by atoms with E-state index in [0.29, 0.717) is 0 Å². The molecular formula is C12H6BFN8O10. The molecule has 0 fully saturated rings. The number of halogens is 1. The van der Waals surface area contributed by atoms with E-state index < -0.39 is 49.8 Å². The molecule has 0 atom stereocenters. The summed E-state index contributed by atoms with van der Waals surface area (Å²) in [5.74, 6) is 0. The van der Waals surface area contributed by atoms with E-state index in [-0.39, 0.29) is 11.4 Å². The van der Waals surface area contributed by atoms with Crippen molar-refractivity contribution in [3.8, 4) is 0 Å². The Morgan fingerprint density at radius 2 is 0.969 bits per heavy atom. The van der Waals surface area contributed by atoms with Crippen molar-refractivity contribution in [2.45, 2.75) is 0 Å². The van der Waals surface area contributed by atoms with E-state index in [9.17, 15) is 44.8 Å². The molecule has 164 valence electrons. The van der Waals surface area contributed by atoms with Crippen molar-refractivity contribution >= 4 is 41.5 Å². The summed E-state index contributed by atoms with van der Waals surface area (Å²) in [7, 11) is -3.17. The van der Waals surface area contributed by atoms with E-state index in [1.807, 2.05) is 0 Å². The summed E-state index contributed by atoms with van der Waals surface area (Å²) in [6.07, 6.45) is 0. The molecule has 0 aliphatic rings. The predicted octanol–water partition coefficient (Wildman–Crippen LogP) is 1.64. The summed E-state index contributed by atoms with van der Waals surface area (Å²) in [6.45, 7) is 0. The van der Waals surface area contributed by atoms with Gasteiger partial charge in [0.2, 0.25) is 10.8 Å². The van der Waals surface area contributed by atoms with Gasteiger partial charge in [-0.2, -0.15) is 0 Å². The number of nitro groups is 4. The molecule has 0 aromatic heterocycles. The van der Waals surface area contributed by atoms with Crippen LogP contribution >= 0.6 is 0 Å². The van der Waals surface area contributed by atoms with Gasteiger partial charge in [-0.1, -0.05) is 0 Å². The number of nitrogens with zero attached hydrogens (tertiary/aromatic N) is 8. The van der Waals surface area contributed by atoms with Gasteiger partial charge in [-0.25, -0.2) is 0 Å². The Morgan fingerprint density at radius 3 is 1.16 bits per heavy atom. The van der Waals surface area contributed by atoms with E-state index in [0.717, 1.165) is 36.4 Å². The van der Waals surface area contributed by atoms with Crippen molar-refractivity contribution in [3.63, 3.8) is 0 Å². The van der Waals surface area contributed by atoms with Crippen molar-refractivity contribution in [3.05, 3.63) is 86.8 Å². The van der Waals surface area contributed by atoms with Gasteiger partial charge < -0.3 is 14.4 Å². The molecule has 0 spiro atoms. The zero-order chi connectivity index (χ0) is 25.0. The molecule has 0 unspecified atom stereocenters. The smallest absolute Gasteiger partial charge is 0.461 e. The van der Waals surface area contributed by atoms with E-state index in [4.69, 9.17) is 20.8 Å². The maximum Gasteiger partial charge on any atom is 0.461 e. The molecule has 0 aliphatic heterocycles. The van der Waals surface area contributed by atoms with Gasteiger partial charge in [-0.05, 0) is 0 Å². The lowest BCUT2D eigenvalue weighted by Gasteiger charge is -2.09. The number of diazo groups is 2. The third-order valence-corrected chi connectivity index (χ3v) is 2.95. The van der Waals surface area contributed by atoms with E-state index in [1.54, 1.807) is 0 Å². The van der Waals surface area contributed by atoms with Gasteiger partial charge in [0.25, 0.3) is 11.4 Å². The topological polar surface area (TPSA) is 275 Å². The molecule has 20 heteroatoms. The molecule has 2 aromatic rings. The minimum Gasteiger partial charge on any atom is -0.867 e. The third-order valence-electron chi connectivity index (χ3n) is 2.95. The lowest BCUT2D eigenvalue weighted by atomic mass is 10.2. The van der Waals surface area contributed by atoms with Crippen LogP contribution in [0.25, 0.3) is 9.95 Å². The zero-order valence-corrected chi connectivity index (χ0v) is 15.1. The van der Waals surface area contributed by atoms with Gasteiger partial charge in [-0.3, -0.25) is 40.5 Å². The fourth-order valence-corrected chi connectivity index (χ4v) is 1.71. The zero-order valence-electron chi connectivity index (χ0n) is 15.1. The number of rotatable bonds is 4. The molecule has 18 nitrogen and oxygen atoms in total. The standard InChI is InChI=1S/2C6H3N4O4.BFO2/c2*7-8-5-2-1-4(9(11)12)3-6(5)10(13)14;2-1(3)4/h2*1-3H;/q2*+1;-2. The van der Waals surface area contributed by atoms with Crippen molar-refractivity contribution in [2.75, 3.05) is 0 Å². The van der Waals surface area contributed by atoms with Crippen LogP contribution in [0.1, 0.15) is 0 Å². The summed E-state index contributed by atoms with van der Waals surface area (Å²) >= 11 is 0. The van der Waals surface area contributed by atoms with Gasteiger partial charge in [-0.15, -0.1) is 0 Å². The van der Waals surface area contributed by atoms with Crippen LogP contribution in [-0.2, 0) is 0 Å². The van der Waals surface area contributed by atoms with Crippen LogP contribution < -0.4 is 10.0 Å². The maximum atomic E-state index is 10.4. The number of non-ortho nitro benzene ring substituents is 2. The fraction of sp³-hybridized carbons (Fsp3) is 0. The Bertz CT molecular complexity index is 1040. The largest absolute Gasteiger partial charge is 0.867 e. The van der Waals surface area contributed by atoms with Crippen molar-refractivity contribution in [2.24, 2.45) is 0 Å². The molecule has 2 aromatic carbocycles. The minimum atomic E-state index is -3.17. The number of nitro benzene ring substituents is 4.